The number of hydrogen-bond donors (Lipinski definition) is 1. The van der Waals surface area contributed by atoms with E-state index >= 15 is 0 Å². The molecule has 0 amide bonds. The minimum Gasteiger partial charge on any atom is -0.389 e. The average molecular weight is 313 g/mol. The molecule has 0 saturated carbocycles. The molecule has 2 N–H and O–H groups in total. The highest BCUT2D eigenvalue weighted by Gasteiger charge is 2.19. The van der Waals surface area contributed by atoms with Gasteiger partial charge in [0.15, 0.2) is 0 Å². The zero-order valence-corrected chi connectivity index (χ0v) is 13.3. The zero-order valence-electron chi connectivity index (χ0n) is 11.8. The second kappa shape index (κ2) is 7.36. The Labute approximate surface area is 131 Å². The molecule has 20 heavy (non-hydrogen) atoms. The zero-order chi connectivity index (χ0) is 14.5. The largest absolute Gasteiger partial charge is 0.389 e. The number of likely N-dealkylation sites (tertiary alicyclic amines) is 1. The van der Waals surface area contributed by atoms with E-state index in [1.54, 1.807) is 7.11 Å². The number of thiocarbonyl (C=S) groups is 1. The maximum absolute atomic E-state index is 6.31. The van der Waals surface area contributed by atoms with Gasteiger partial charge < -0.3 is 10.5 Å². The molecule has 1 aromatic rings. The molecule has 5 heteroatoms. The Morgan fingerprint density at radius 2 is 2.15 bits per heavy atom. The van der Waals surface area contributed by atoms with Crippen LogP contribution in [0.5, 0.6) is 0 Å². The molecule has 1 saturated heterocycles. The Balaban J connectivity index is 1.93. The van der Waals surface area contributed by atoms with Crippen LogP contribution >= 0.6 is 23.8 Å². The number of nitrogens with zero attached hydrogens (tertiary/aromatic N) is 1. The average Bonchev–Trinajstić information content (AvgIpc) is 2.43. The highest BCUT2D eigenvalue weighted by molar-refractivity contribution is 7.80. The van der Waals surface area contributed by atoms with Crippen molar-refractivity contribution in [2.24, 2.45) is 11.7 Å². The molecule has 110 valence electrons. The molecule has 1 aliphatic heterocycles. The summed E-state index contributed by atoms with van der Waals surface area (Å²) in [4.78, 5) is 2.83. The maximum atomic E-state index is 6.31. The lowest BCUT2D eigenvalue weighted by atomic mass is 9.97. The van der Waals surface area contributed by atoms with E-state index in [9.17, 15) is 0 Å². The van der Waals surface area contributed by atoms with Crippen molar-refractivity contribution >= 4 is 28.8 Å². The van der Waals surface area contributed by atoms with Crippen molar-refractivity contribution in [2.45, 2.75) is 19.4 Å². The fourth-order valence-corrected chi connectivity index (χ4v) is 2.98. The van der Waals surface area contributed by atoms with Crippen LogP contribution in [-0.2, 0) is 11.3 Å². The quantitative estimate of drug-likeness (QED) is 0.849. The highest BCUT2D eigenvalue weighted by Crippen LogP contribution is 2.23. The molecular formula is C15H21ClN2OS. The maximum Gasteiger partial charge on any atom is 0.104 e. The van der Waals surface area contributed by atoms with Crippen LogP contribution in [0, 0.1) is 5.92 Å². The van der Waals surface area contributed by atoms with E-state index in [1.165, 1.54) is 12.8 Å². The lowest BCUT2D eigenvalue weighted by molar-refractivity contribution is 0.0968. The number of rotatable bonds is 5. The highest BCUT2D eigenvalue weighted by atomic mass is 35.5. The van der Waals surface area contributed by atoms with Crippen LogP contribution in [0.25, 0.3) is 0 Å². The van der Waals surface area contributed by atoms with Gasteiger partial charge in [0.25, 0.3) is 0 Å². The SMILES string of the molecule is COCC1CCN(Cc2ccc(C(N)=S)cc2Cl)CC1. The van der Waals surface area contributed by atoms with Gasteiger partial charge in [0, 0.05) is 30.8 Å². The van der Waals surface area contributed by atoms with E-state index < -0.39 is 0 Å². The van der Waals surface area contributed by atoms with Crippen LogP contribution in [0.1, 0.15) is 24.0 Å². The number of benzene rings is 1. The van der Waals surface area contributed by atoms with E-state index in [2.05, 4.69) is 4.90 Å². The molecule has 0 unspecified atom stereocenters. The minimum atomic E-state index is 0.388. The van der Waals surface area contributed by atoms with Gasteiger partial charge in [0.1, 0.15) is 4.99 Å². The van der Waals surface area contributed by atoms with E-state index in [0.29, 0.717) is 10.9 Å². The molecule has 2 rings (SSSR count). The summed E-state index contributed by atoms with van der Waals surface area (Å²) in [5.74, 6) is 0.698. The monoisotopic (exact) mass is 312 g/mol. The Morgan fingerprint density at radius 1 is 1.45 bits per heavy atom. The molecule has 0 aromatic heterocycles. The molecule has 0 bridgehead atoms. The molecule has 0 spiro atoms. The second-order valence-corrected chi connectivity index (χ2v) is 6.19. The Hall–Kier alpha value is -0.680. The van der Waals surface area contributed by atoms with Crippen molar-refractivity contribution in [1.82, 2.24) is 4.90 Å². The van der Waals surface area contributed by atoms with E-state index in [1.807, 2.05) is 18.2 Å². The summed E-state index contributed by atoms with van der Waals surface area (Å²) < 4.78 is 5.23. The number of ether oxygens (including phenoxy) is 1. The van der Waals surface area contributed by atoms with Crippen LogP contribution in [0.4, 0.5) is 0 Å². The van der Waals surface area contributed by atoms with Gasteiger partial charge in [-0.2, -0.15) is 0 Å². The third kappa shape index (κ3) is 4.16. The van der Waals surface area contributed by atoms with Gasteiger partial charge in [-0.15, -0.1) is 0 Å². The van der Waals surface area contributed by atoms with Crippen LogP contribution < -0.4 is 5.73 Å². The van der Waals surface area contributed by atoms with Gasteiger partial charge in [0.2, 0.25) is 0 Å². The summed E-state index contributed by atoms with van der Waals surface area (Å²) in [6, 6.07) is 5.83. The summed E-state index contributed by atoms with van der Waals surface area (Å²) >= 11 is 11.3. The third-order valence-electron chi connectivity index (χ3n) is 3.84. The first-order chi connectivity index (χ1) is 9.60. The third-order valence-corrected chi connectivity index (χ3v) is 4.43. The van der Waals surface area contributed by atoms with E-state index in [4.69, 9.17) is 34.3 Å². The van der Waals surface area contributed by atoms with Gasteiger partial charge in [-0.3, -0.25) is 4.90 Å². The van der Waals surface area contributed by atoms with Crippen LogP contribution in [0.3, 0.4) is 0 Å². The Kier molecular flexibility index (Phi) is 5.78. The predicted molar refractivity (Wildman–Crippen MR) is 87.2 cm³/mol. The second-order valence-electron chi connectivity index (χ2n) is 5.35. The van der Waals surface area contributed by atoms with Crippen LogP contribution in [0.2, 0.25) is 5.02 Å². The molecule has 0 aliphatic carbocycles. The standard InChI is InChI=1S/C15H21ClN2OS/c1-19-10-11-4-6-18(7-5-11)9-13-3-2-12(15(17)20)8-14(13)16/h2-3,8,11H,4-7,9-10H2,1H3,(H2,17,20). The first-order valence-electron chi connectivity index (χ1n) is 6.89. The van der Waals surface area contributed by atoms with Crippen molar-refractivity contribution in [2.75, 3.05) is 26.8 Å². The van der Waals surface area contributed by atoms with E-state index in [0.717, 1.165) is 42.4 Å². The molecule has 1 fully saturated rings. The smallest absolute Gasteiger partial charge is 0.104 e. The Morgan fingerprint density at radius 3 is 2.70 bits per heavy atom. The number of nitrogens with two attached hydrogens (primary N) is 1. The normalized spacial score (nSPS) is 17.3. The minimum absolute atomic E-state index is 0.388. The Bertz CT molecular complexity index is 473. The molecule has 1 heterocycles. The number of piperidine rings is 1. The fraction of sp³-hybridized carbons (Fsp3) is 0.533. The molecule has 1 aromatic carbocycles. The molecule has 0 atom stereocenters. The van der Waals surface area contributed by atoms with Gasteiger partial charge in [0.05, 0.1) is 0 Å². The topological polar surface area (TPSA) is 38.5 Å². The van der Waals surface area contributed by atoms with Crippen molar-refractivity contribution in [3.05, 3.63) is 34.3 Å². The van der Waals surface area contributed by atoms with Crippen molar-refractivity contribution < 1.29 is 4.74 Å². The number of methoxy groups -OCH3 is 1. The van der Waals surface area contributed by atoms with E-state index in [-0.39, 0.29) is 0 Å². The molecule has 0 radical (unpaired) electrons. The van der Waals surface area contributed by atoms with Gasteiger partial charge >= 0.3 is 0 Å². The van der Waals surface area contributed by atoms with Gasteiger partial charge in [-0.25, -0.2) is 0 Å². The summed E-state index contributed by atoms with van der Waals surface area (Å²) in [6.45, 7) is 3.95. The summed E-state index contributed by atoms with van der Waals surface area (Å²) in [5.41, 5.74) is 7.57. The summed E-state index contributed by atoms with van der Waals surface area (Å²) in [7, 11) is 1.77. The molecular weight excluding hydrogens is 292 g/mol. The molecule has 1 aliphatic rings. The van der Waals surface area contributed by atoms with Crippen LogP contribution in [-0.4, -0.2) is 36.7 Å². The lowest BCUT2D eigenvalue weighted by Gasteiger charge is -2.31. The fourth-order valence-electron chi connectivity index (χ4n) is 2.62. The van der Waals surface area contributed by atoms with Crippen molar-refractivity contribution in [3.8, 4) is 0 Å². The predicted octanol–water partition coefficient (Wildman–Crippen LogP) is 2.83. The summed E-state index contributed by atoms with van der Waals surface area (Å²) in [6.07, 6.45) is 2.38. The number of hydrogen-bond acceptors (Lipinski definition) is 3. The van der Waals surface area contributed by atoms with Crippen molar-refractivity contribution in [1.29, 1.82) is 0 Å². The first-order valence-corrected chi connectivity index (χ1v) is 7.68. The lowest BCUT2D eigenvalue weighted by Crippen LogP contribution is -2.34. The number of halogens is 1. The summed E-state index contributed by atoms with van der Waals surface area (Å²) in [5, 5.41) is 0.745. The molecule has 3 nitrogen and oxygen atoms in total. The van der Waals surface area contributed by atoms with Crippen LogP contribution in [0.15, 0.2) is 18.2 Å². The van der Waals surface area contributed by atoms with Crippen molar-refractivity contribution in [3.63, 3.8) is 0 Å². The van der Waals surface area contributed by atoms with Gasteiger partial charge in [-0.05, 0) is 43.5 Å². The first kappa shape index (κ1) is 15.7. The van der Waals surface area contributed by atoms with Gasteiger partial charge in [-0.1, -0.05) is 36.0 Å².